The van der Waals surface area contributed by atoms with Crippen LogP contribution in [0.3, 0.4) is 0 Å². The zero-order valence-corrected chi connectivity index (χ0v) is 12.3. The number of amides is 1. The Morgan fingerprint density at radius 1 is 1.33 bits per heavy atom. The minimum atomic E-state index is -0.896. The van der Waals surface area contributed by atoms with Gasteiger partial charge in [-0.15, -0.1) is 0 Å². The quantitative estimate of drug-likeness (QED) is 0.766. The number of carboxylic acids is 1. The second-order valence-electron chi connectivity index (χ2n) is 5.55. The lowest BCUT2D eigenvalue weighted by atomic mass is 10.1. The Hall–Kier alpha value is -1.88. The van der Waals surface area contributed by atoms with Gasteiger partial charge in [-0.05, 0) is 43.9 Å². The average Bonchev–Trinajstić information content (AvgIpc) is 3.25. The van der Waals surface area contributed by atoms with Crippen LogP contribution in [0, 0.1) is 12.8 Å². The Balaban J connectivity index is 2.01. The average molecular weight is 290 g/mol. The fourth-order valence-corrected chi connectivity index (χ4v) is 2.25. The molecule has 2 rings (SSSR count). The Morgan fingerprint density at radius 2 is 2.05 bits per heavy atom. The van der Waals surface area contributed by atoms with Gasteiger partial charge in [-0.1, -0.05) is 18.2 Å². The molecular formula is C16H22N2O3. The van der Waals surface area contributed by atoms with Gasteiger partial charge in [-0.2, -0.15) is 0 Å². The zero-order valence-electron chi connectivity index (χ0n) is 12.3. The second-order valence-corrected chi connectivity index (χ2v) is 5.55. The third-order valence-corrected chi connectivity index (χ3v) is 3.66. The lowest BCUT2D eigenvalue weighted by Crippen LogP contribution is -2.40. The molecule has 114 valence electrons. The molecule has 1 saturated carbocycles. The van der Waals surface area contributed by atoms with Crippen molar-refractivity contribution in [3.05, 3.63) is 29.8 Å². The molecule has 1 amide bonds. The molecule has 1 aliphatic rings. The minimum Gasteiger partial charge on any atom is -0.481 e. The lowest BCUT2D eigenvalue weighted by molar-refractivity contribution is -0.136. The summed E-state index contributed by atoms with van der Waals surface area (Å²) < 4.78 is 0. The summed E-state index contributed by atoms with van der Waals surface area (Å²) in [5.41, 5.74) is 1.76. The van der Waals surface area contributed by atoms with E-state index in [1.807, 2.05) is 31.2 Å². The molecule has 0 radical (unpaired) electrons. The van der Waals surface area contributed by atoms with Crippen LogP contribution in [0.25, 0.3) is 0 Å². The third-order valence-electron chi connectivity index (χ3n) is 3.66. The van der Waals surface area contributed by atoms with E-state index in [0.29, 0.717) is 5.92 Å². The van der Waals surface area contributed by atoms with Crippen LogP contribution < -0.4 is 10.2 Å². The molecule has 1 aromatic carbocycles. The molecule has 0 spiro atoms. The number of anilines is 1. The number of rotatable bonds is 8. The van der Waals surface area contributed by atoms with Crippen LogP contribution in [0.4, 0.5) is 5.69 Å². The minimum absolute atomic E-state index is 0.0529. The van der Waals surface area contributed by atoms with Crippen LogP contribution in [0.1, 0.15) is 24.8 Å². The Kier molecular flexibility index (Phi) is 5.33. The number of hydrogen-bond acceptors (Lipinski definition) is 3. The van der Waals surface area contributed by atoms with E-state index in [2.05, 4.69) is 5.32 Å². The highest BCUT2D eigenvalue weighted by atomic mass is 16.4. The summed E-state index contributed by atoms with van der Waals surface area (Å²) in [6.45, 7) is 3.24. The zero-order chi connectivity index (χ0) is 15.2. The summed E-state index contributed by atoms with van der Waals surface area (Å²) in [7, 11) is 0. The first kappa shape index (κ1) is 15.5. The smallest absolute Gasteiger partial charge is 0.305 e. The monoisotopic (exact) mass is 290 g/mol. The topological polar surface area (TPSA) is 69.6 Å². The molecule has 0 aliphatic heterocycles. The van der Waals surface area contributed by atoms with Gasteiger partial charge in [0.1, 0.15) is 0 Å². The van der Waals surface area contributed by atoms with Crippen molar-refractivity contribution in [1.82, 2.24) is 5.32 Å². The summed E-state index contributed by atoms with van der Waals surface area (Å²) in [4.78, 5) is 24.8. The third kappa shape index (κ3) is 4.86. The summed E-state index contributed by atoms with van der Waals surface area (Å²) in [5, 5.41) is 12.0. The summed E-state index contributed by atoms with van der Waals surface area (Å²) >= 11 is 0. The van der Waals surface area contributed by atoms with Crippen LogP contribution in [0.15, 0.2) is 24.3 Å². The second kappa shape index (κ2) is 7.22. The first-order valence-electron chi connectivity index (χ1n) is 7.36. The number of carbonyl (C=O) groups excluding carboxylic acids is 1. The van der Waals surface area contributed by atoms with Crippen LogP contribution >= 0.6 is 0 Å². The van der Waals surface area contributed by atoms with Crippen LogP contribution in [0.5, 0.6) is 0 Å². The molecule has 1 aromatic rings. The van der Waals surface area contributed by atoms with E-state index < -0.39 is 5.97 Å². The van der Waals surface area contributed by atoms with Crippen LogP contribution in [-0.2, 0) is 9.59 Å². The Bertz CT molecular complexity index is 512. The van der Waals surface area contributed by atoms with Crippen molar-refractivity contribution in [3.63, 3.8) is 0 Å². The van der Waals surface area contributed by atoms with Crippen molar-refractivity contribution in [2.45, 2.75) is 26.2 Å². The van der Waals surface area contributed by atoms with Crippen LogP contribution in [-0.4, -0.2) is 36.6 Å². The number of nitrogens with zero attached hydrogens (tertiary/aromatic N) is 1. The van der Waals surface area contributed by atoms with Crippen molar-refractivity contribution in [2.75, 3.05) is 24.5 Å². The molecule has 1 fully saturated rings. The molecule has 0 unspecified atom stereocenters. The van der Waals surface area contributed by atoms with E-state index in [1.165, 1.54) is 12.8 Å². The number of aryl methyl sites for hydroxylation is 1. The van der Waals surface area contributed by atoms with Crippen LogP contribution in [0.2, 0.25) is 0 Å². The first-order chi connectivity index (χ1) is 10.1. The van der Waals surface area contributed by atoms with Gasteiger partial charge < -0.3 is 15.3 Å². The molecular weight excluding hydrogens is 268 g/mol. The molecule has 0 saturated heterocycles. The van der Waals surface area contributed by atoms with E-state index in [0.717, 1.165) is 17.8 Å². The molecule has 5 heteroatoms. The summed E-state index contributed by atoms with van der Waals surface area (Å²) in [6, 6.07) is 7.55. The SMILES string of the molecule is Cc1ccccc1N(CCC(=O)O)C(=O)CNCC1CC1. The maximum atomic E-state index is 12.4. The van der Waals surface area contributed by atoms with E-state index in [-0.39, 0.29) is 25.4 Å². The van der Waals surface area contributed by atoms with E-state index in [9.17, 15) is 9.59 Å². The highest BCUT2D eigenvalue weighted by molar-refractivity contribution is 5.95. The molecule has 0 atom stereocenters. The van der Waals surface area contributed by atoms with Gasteiger partial charge >= 0.3 is 5.97 Å². The van der Waals surface area contributed by atoms with Gasteiger partial charge in [0.15, 0.2) is 0 Å². The van der Waals surface area contributed by atoms with Crippen molar-refractivity contribution >= 4 is 17.6 Å². The van der Waals surface area contributed by atoms with Crippen molar-refractivity contribution in [3.8, 4) is 0 Å². The highest BCUT2D eigenvalue weighted by Gasteiger charge is 2.22. The molecule has 5 nitrogen and oxygen atoms in total. The molecule has 0 aromatic heterocycles. The maximum Gasteiger partial charge on any atom is 0.305 e. The normalized spacial score (nSPS) is 14.0. The predicted octanol–water partition coefficient (Wildman–Crippen LogP) is 1.80. The highest BCUT2D eigenvalue weighted by Crippen LogP contribution is 2.27. The number of carboxylic acid groups (broad SMARTS) is 1. The van der Waals surface area contributed by atoms with Crippen molar-refractivity contribution < 1.29 is 14.7 Å². The van der Waals surface area contributed by atoms with Gasteiger partial charge in [0.05, 0.1) is 13.0 Å². The first-order valence-corrected chi connectivity index (χ1v) is 7.36. The number of benzene rings is 1. The van der Waals surface area contributed by atoms with Crippen molar-refractivity contribution in [1.29, 1.82) is 0 Å². The van der Waals surface area contributed by atoms with Crippen molar-refractivity contribution in [2.24, 2.45) is 5.92 Å². The Labute approximate surface area is 125 Å². The molecule has 0 heterocycles. The van der Waals surface area contributed by atoms with Gasteiger partial charge in [0, 0.05) is 12.2 Å². The fraction of sp³-hybridized carbons (Fsp3) is 0.500. The summed E-state index contributed by atoms with van der Waals surface area (Å²) in [5.74, 6) is -0.262. The number of nitrogens with one attached hydrogen (secondary N) is 1. The maximum absolute atomic E-state index is 12.4. The fourth-order valence-electron chi connectivity index (χ4n) is 2.25. The van der Waals surface area contributed by atoms with E-state index in [1.54, 1.807) is 4.90 Å². The standard InChI is InChI=1S/C16H22N2O3/c1-12-4-2-3-5-14(12)18(9-8-16(20)21)15(19)11-17-10-13-6-7-13/h2-5,13,17H,6-11H2,1H3,(H,20,21). The van der Waals surface area contributed by atoms with Gasteiger partial charge in [-0.25, -0.2) is 0 Å². The predicted molar refractivity (Wildman–Crippen MR) is 81.4 cm³/mol. The number of para-hydroxylation sites is 1. The number of carbonyl (C=O) groups is 2. The molecule has 1 aliphatic carbocycles. The molecule has 21 heavy (non-hydrogen) atoms. The molecule has 2 N–H and O–H groups in total. The molecule has 0 bridgehead atoms. The Morgan fingerprint density at radius 3 is 2.67 bits per heavy atom. The number of aliphatic carboxylic acids is 1. The summed E-state index contributed by atoms with van der Waals surface area (Å²) in [6.07, 6.45) is 2.42. The van der Waals surface area contributed by atoms with Gasteiger partial charge in [0.2, 0.25) is 5.91 Å². The van der Waals surface area contributed by atoms with Gasteiger partial charge in [-0.3, -0.25) is 9.59 Å². The largest absolute Gasteiger partial charge is 0.481 e. The lowest BCUT2D eigenvalue weighted by Gasteiger charge is -2.24. The van der Waals surface area contributed by atoms with Gasteiger partial charge in [0.25, 0.3) is 0 Å². The van der Waals surface area contributed by atoms with E-state index >= 15 is 0 Å². The number of hydrogen-bond donors (Lipinski definition) is 2. The van der Waals surface area contributed by atoms with E-state index in [4.69, 9.17) is 5.11 Å².